The molecule has 0 spiro atoms. The molecular weight excluding hydrogens is 334 g/mol. The monoisotopic (exact) mass is 357 g/mol. The van der Waals surface area contributed by atoms with E-state index in [1.165, 1.54) is 19.1 Å². The van der Waals surface area contributed by atoms with Gasteiger partial charge in [0.25, 0.3) is 5.91 Å². The van der Waals surface area contributed by atoms with Gasteiger partial charge in [0.1, 0.15) is 17.9 Å². The molecule has 138 valence electrons. The van der Waals surface area contributed by atoms with E-state index in [0.29, 0.717) is 30.2 Å². The van der Waals surface area contributed by atoms with Crippen LogP contribution in [-0.4, -0.2) is 23.6 Å². The Morgan fingerprint density at radius 3 is 2.77 bits per heavy atom. The molecule has 0 atom stereocenters. The lowest BCUT2D eigenvalue weighted by Crippen LogP contribution is -2.25. The van der Waals surface area contributed by atoms with E-state index in [4.69, 9.17) is 14.3 Å². The first-order valence-electron chi connectivity index (χ1n) is 8.73. The van der Waals surface area contributed by atoms with Crippen molar-refractivity contribution in [3.05, 3.63) is 52.5 Å². The first-order valence-corrected chi connectivity index (χ1v) is 8.73. The molecular formula is C20H23NO5. The van der Waals surface area contributed by atoms with Crippen LogP contribution in [0.5, 0.6) is 5.75 Å². The number of rotatable bonds is 8. The van der Waals surface area contributed by atoms with Crippen LogP contribution in [0.25, 0.3) is 0 Å². The maximum Gasteiger partial charge on any atom is 0.311 e. The highest BCUT2D eigenvalue weighted by atomic mass is 16.5. The zero-order chi connectivity index (χ0) is 18.7. The van der Waals surface area contributed by atoms with Crippen molar-refractivity contribution in [1.29, 1.82) is 0 Å². The summed E-state index contributed by atoms with van der Waals surface area (Å²) in [4.78, 5) is 23.5. The van der Waals surface area contributed by atoms with Crippen LogP contribution in [0.2, 0.25) is 0 Å². The second-order valence-corrected chi connectivity index (χ2v) is 6.84. The van der Waals surface area contributed by atoms with E-state index in [0.717, 1.165) is 16.9 Å². The van der Waals surface area contributed by atoms with E-state index in [1.54, 1.807) is 6.92 Å². The predicted molar refractivity (Wildman–Crippen MR) is 95.4 cm³/mol. The standard InChI is InChI=1S/C20H23NO5/c1-12-3-6-15(16(7-12)26-11-14-4-5-14)9-21-20(24)19-13(2)10-25-17(19)8-18(22)23/h3,6-7,10,14H,4-5,8-9,11H2,1-2H3,(H,21,24)(H,22,23). The number of aliphatic carboxylic acids is 1. The molecule has 1 amide bonds. The summed E-state index contributed by atoms with van der Waals surface area (Å²) in [5.41, 5.74) is 2.90. The number of carboxylic acid groups (broad SMARTS) is 1. The van der Waals surface area contributed by atoms with Gasteiger partial charge in [-0.15, -0.1) is 0 Å². The second kappa shape index (κ2) is 7.64. The highest BCUT2D eigenvalue weighted by molar-refractivity contribution is 5.97. The fourth-order valence-corrected chi connectivity index (χ4v) is 2.77. The minimum absolute atomic E-state index is 0.168. The van der Waals surface area contributed by atoms with Gasteiger partial charge in [-0.05, 0) is 44.2 Å². The molecule has 1 aromatic heterocycles. The van der Waals surface area contributed by atoms with Crippen LogP contribution < -0.4 is 10.1 Å². The Morgan fingerprint density at radius 1 is 1.31 bits per heavy atom. The molecule has 1 heterocycles. The molecule has 0 unspecified atom stereocenters. The maximum atomic E-state index is 12.6. The average molecular weight is 357 g/mol. The van der Waals surface area contributed by atoms with Gasteiger partial charge in [0.05, 0.1) is 18.4 Å². The number of hydrogen-bond donors (Lipinski definition) is 2. The molecule has 2 aromatic rings. The third-order valence-corrected chi connectivity index (χ3v) is 4.42. The number of carbonyl (C=O) groups is 2. The molecule has 1 aliphatic rings. The molecule has 3 rings (SSSR count). The SMILES string of the molecule is Cc1ccc(CNC(=O)c2c(C)coc2CC(=O)O)c(OCC2CC2)c1. The Balaban J connectivity index is 1.69. The zero-order valence-electron chi connectivity index (χ0n) is 15.0. The van der Waals surface area contributed by atoms with Gasteiger partial charge in [0.15, 0.2) is 0 Å². The van der Waals surface area contributed by atoms with Gasteiger partial charge in [-0.2, -0.15) is 0 Å². The summed E-state index contributed by atoms with van der Waals surface area (Å²) >= 11 is 0. The van der Waals surface area contributed by atoms with E-state index in [2.05, 4.69) is 5.32 Å². The molecule has 1 saturated carbocycles. The van der Waals surface area contributed by atoms with Gasteiger partial charge >= 0.3 is 5.97 Å². The van der Waals surface area contributed by atoms with Crippen LogP contribution in [0.3, 0.4) is 0 Å². The summed E-state index contributed by atoms with van der Waals surface area (Å²) in [5.74, 6) is 0.211. The normalized spacial score (nSPS) is 13.5. The molecule has 1 aromatic carbocycles. The first kappa shape index (κ1) is 18.0. The summed E-state index contributed by atoms with van der Waals surface area (Å²) < 4.78 is 11.1. The highest BCUT2D eigenvalue weighted by Crippen LogP contribution is 2.30. The van der Waals surface area contributed by atoms with Crippen LogP contribution in [0.15, 0.2) is 28.9 Å². The predicted octanol–water partition coefficient (Wildman–Crippen LogP) is 3.24. The minimum Gasteiger partial charge on any atom is -0.493 e. The summed E-state index contributed by atoms with van der Waals surface area (Å²) in [6.45, 7) is 4.73. The number of ether oxygens (including phenoxy) is 1. The van der Waals surface area contributed by atoms with E-state index in [9.17, 15) is 9.59 Å². The zero-order valence-corrected chi connectivity index (χ0v) is 15.0. The van der Waals surface area contributed by atoms with Gasteiger partial charge in [-0.25, -0.2) is 0 Å². The molecule has 1 fully saturated rings. The number of amides is 1. The van der Waals surface area contributed by atoms with Gasteiger partial charge in [-0.3, -0.25) is 9.59 Å². The number of furan rings is 1. The Labute approximate surface area is 152 Å². The number of benzene rings is 1. The number of aryl methyl sites for hydroxylation is 2. The molecule has 0 bridgehead atoms. The topological polar surface area (TPSA) is 88.8 Å². The fourth-order valence-electron chi connectivity index (χ4n) is 2.77. The molecule has 2 N–H and O–H groups in total. The van der Waals surface area contributed by atoms with Crippen molar-refractivity contribution in [3.63, 3.8) is 0 Å². The van der Waals surface area contributed by atoms with Crippen LogP contribution in [0, 0.1) is 19.8 Å². The summed E-state index contributed by atoms with van der Waals surface area (Å²) in [6, 6.07) is 5.89. The van der Waals surface area contributed by atoms with Crippen molar-refractivity contribution in [2.75, 3.05) is 6.61 Å². The van der Waals surface area contributed by atoms with Crippen LogP contribution in [0.4, 0.5) is 0 Å². The molecule has 0 aliphatic heterocycles. The van der Waals surface area contributed by atoms with Gasteiger partial charge in [0, 0.05) is 17.7 Å². The lowest BCUT2D eigenvalue weighted by molar-refractivity contribution is -0.136. The number of carbonyl (C=O) groups excluding carboxylic acids is 1. The second-order valence-electron chi connectivity index (χ2n) is 6.84. The molecule has 6 heteroatoms. The van der Waals surface area contributed by atoms with Crippen molar-refractivity contribution >= 4 is 11.9 Å². The van der Waals surface area contributed by atoms with Crippen molar-refractivity contribution in [2.24, 2.45) is 5.92 Å². The average Bonchev–Trinajstić information content (AvgIpc) is 3.34. The van der Waals surface area contributed by atoms with Crippen LogP contribution in [-0.2, 0) is 17.8 Å². The number of carboxylic acids is 1. The van der Waals surface area contributed by atoms with E-state index >= 15 is 0 Å². The van der Waals surface area contributed by atoms with Crippen molar-refractivity contribution in [1.82, 2.24) is 5.32 Å². The third-order valence-electron chi connectivity index (χ3n) is 4.42. The van der Waals surface area contributed by atoms with Crippen molar-refractivity contribution in [3.8, 4) is 5.75 Å². The van der Waals surface area contributed by atoms with Gasteiger partial charge in [0.2, 0.25) is 0 Å². The lowest BCUT2D eigenvalue weighted by atomic mass is 10.1. The molecule has 0 saturated heterocycles. The van der Waals surface area contributed by atoms with Crippen molar-refractivity contribution < 1.29 is 23.8 Å². The number of hydrogen-bond acceptors (Lipinski definition) is 4. The minimum atomic E-state index is -1.04. The largest absolute Gasteiger partial charge is 0.493 e. The summed E-state index contributed by atoms with van der Waals surface area (Å²) in [6.07, 6.45) is 3.51. The van der Waals surface area contributed by atoms with Gasteiger partial charge in [-0.1, -0.05) is 12.1 Å². The smallest absolute Gasteiger partial charge is 0.311 e. The lowest BCUT2D eigenvalue weighted by Gasteiger charge is -2.13. The summed E-state index contributed by atoms with van der Waals surface area (Å²) in [5, 5.41) is 11.8. The Kier molecular flexibility index (Phi) is 5.30. The van der Waals surface area contributed by atoms with Crippen molar-refractivity contribution in [2.45, 2.75) is 39.7 Å². The molecule has 0 radical (unpaired) electrons. The third kappa shape index (κ3) is 4.45. The van der Waals surface area contributed by atoms with E-state index in [-0.39, 0.29) is 18.1 Å². The highest BCUT2D eigenvalue weighted by Gasteiger charge is 2.23. The molecule has 1 aliphatic carbocycles. The van der Waals surface area contributed by atoms with Crippen LogP contribution in [0.1, 0.15) is 45.7 Å². The Morgan fingerprint density at radius 2 is 2.08 bits per heavy atom. The first-order chi connectivity index (χ1) is 12.4. The Bertz CT molecular complexity index is 820. The van der Waals surface area contributed by atoms with E-state index < -0.39 is 5.97 Å². The number of nitrogens with one attached hydrogen (secondary N) is 1. The summed E-state index contributed by atoms with van der Waals surface area (Å²) in [7, 11) is 0. The van der Waals surface area contributed by atoms with Crippen LogP contribution >= 0.6 is 0 Å². The van der Waals surface area contributed by atoms with E-state index in [1.807, 2.05) is 25.1 Å². The Hall–Kier alpha value is -2.76. The molecule has 26 heavy (non-hydrogen) atoms. The maximum absolute atomic E-state index is 12.6. The van der Waals surface area contributed by atoms with Gasteiger partial charge < -0.3 is 19.6 Å². The fraction of sp³-hybridized carbons (Fsp3) is 0.400. The molecule has 6 nitrogen and oxygen atoms in total. The quantitative estimate of drug-likeness (QED) is 0.757.